The fraction of sp³-hybridized carbons (Fsp3) is 0.667. The van der Waals surface area contributed by atoms with Crippen molar-refractivity contribution >= 4 is 30.1 Å². The van der Waals surface area contributed by atoms with Gasteiger partial charge in [-0.15, -0.1) is 0 Å². The summed E-state index contributed by atoms with van der Waals surface area (Å²) in [6.45, 7) is 1.78. The number of hydrogen-bond donors (Lipinski definition) is 7. The molecule has 0 radical (unpaired) electrons. The Hall–Kier alpha value is -3.75. The molecule has 0 aromatic heterocycles. The predicted molar refractivity (Wildman–Crippen MR) is 126 cm³/mol. The molecule has 0 fully saturated rings. The Kier molecular flexibility index (Phi) is 13.5. The quantitative estimate of drug-likeness (QED) is 0.0508. The Bertz CT molecular complexity index is 807. The van der Waals surface area contributed by atoms with Gasteiger partial charge in [-0.1, -0.05) is 12.8 Å². The van der Waals surface area contributed by atoms with Crippen molar-refractivity contribution in [1.29, 1.82) is 5.41 Å². The van der Waals surface area contributed by atoms with Crippen molar-refractivity contribution in [3.05, 3.63) is 11.8 Å². The molecule has 204 valence electrons. The summed E-state index contributed by atoms with van der Waals surface area (Å²) in [5, 5.41) is 24.3. The normalized spacial score (nSPS) is 19.5. The highest BCUT2D eigenvalue weighted by Crippen LogP contribution is 2.25. The molecule has 1 aliphatic heterocycles. The minimum absolute atomic E-state index is 0.168. The van der Waals surface area contributed by atoms with Crippen molar-refractivity contribution in [1.82, 2.24) is 16.0 Å². The van der Waals surface area contributed by atoms with Crippen LogP contribution >= 0.6 is 0 Å². The van der Waals surface area contributed by atoms with Gasteiger partial charge in [0.1, 0.15) is 6.10 Å². The van der Waals surface area contributed by atoms with E-state index >= 15 is 0 Å². The number of nitrogens with two attached hydrogens (primary N) is 2. The van der Waals surface area contributed by atoms with Crippen LogP contribution < -0.4 is 27.4 Å². The smallest absolute Gasteiger partial charge is 0.477 e. The van der Waals surface area contributed by atoms with E-state index < -0.39 is 54.4 Å². The molecule has 36 heavy (non-hydrogen) atoms. The van der Waals surface area contributed by atoms with E-state index in [-0.39, 0.29) is 18.8 Å². The maximum atomic E-state index is 12.5. The number of carbonyl (C=O) groups excluding carboxylic acids is 3. The summed E-state index contributed by atoms with van der Waals surface area (Å²) in [6, 6.07) is -1.92. The van der Waals surface area contributed by atoms with Crippen LogP contribution in [-0.4, -0.2) is 86.3 Å². The number of methoxy groups -OCH3 is 1. The summed E-state index contributed by atoms with van der Waals surface area (Å²) in [5.41, 5.74) is 10.9. The van der Waals surface area contributed by atoms with Crippen LogP contribution in [-0.2, 0) is 28.5 Å². The summed E-state index contributed by atoms with van der Waals surface area (Å²) in [4.78, 5) is 47.5. The van der Waals surface area contributed by atoms with Crippen LogP contribution in [0.4, 0.5) is 9.59 Å². The predicted octanol–water partition coefficient (Wildman–Crippen LogP) is -0.503. The molecule has 0 saturated heterocycles. The number of carbonyl (C=O) groups is 4. The molecule has 1 heterocycles. The Balaban J connectivity index is 3.14. The standard InChI is InChI=1S/C21H36N6O9/c1-12(28)26-16-13(27-19(23)24)11-15(18(29)33-2)35-17(16)14(7-10-34-21(31)32)36-20(30)25-9-6-4-3-5-8-22/h11,13-14,16-17H,3-10,22H2,1-2H3,(H,25,30)(H,26,28)(H,31,32)(H4,23,24,27)/t13-,14+,16?,17?/m0/s1. The lowest BCUT2D eigenvalue weighted by molar-refractivity contribution is -0.145. The number of ether oxygens (including phenoxy) is 4. The zero-order valence-corrected chi connectivity index (χ0v) is 20.4. The maximum Gasteiger partial charge on any atom is 0.505 e. The lowest BCUT2D eigenvalue weighted by atomic mass is 9.92. The molecule has 0 aromatic rings. The number of rotatable bonds is 14. The largest absolute Gasteiger partial charge is 0.505 e. The zero-order valence-electron chi connectivity index (χ0n) is 20.4. The first-order valence-electron chi connectivity index (χ1n) is 11.4. The van der Waals surface area contributed by atoms with Gasteiger partial charge in [0, 0.05) is 19.9 Å². The van der Waals surface area contributed by atoms with Crippen LogP contribution in [0.5, 0.6) is 0 Å². The molecule has 4 atom stereocenters. The number of esters is 1. The molecule has 2 amide bonds. The molecule has 1 aliphatic rings. The number of nitrogens with one attached hydrogen (secondary N) is 4. The van der Waals surface area contributed by atoms with Crippen LogP contribution in [0.1, 0.15) is 39.0 Å². The van der Waals surface area contributed by atoms with Crippen LogP contribution in [0.15, 0.2) is 11.8 Å². The highest BCUT2D eigenvalue weighted by atomic mass is 16.7. The van der Waals surface area contributed by atoms with Gasteiger partial charge in [-0.3, -0.25) is 10.2 Å². The SMILES string of the molecule is COC(=O)C1=C[C@H](NC(=N)N)C(NC(C)=O)C([C@@H](CCOC(=O)O)OC(=O)NCCCCCCN)O1. The average molecular weight is 517 g/mol. The fourth-order valence-electron chi connectivity index (χ4n) is 3.52. The van der Waals surface area contributed by atoms with Gasteiger partial charge in [0.05, 0.1) is 25.8 Å². The first-order chi connectivity index (χ1) is 17.1. The number of unbranched alkanes of at least 4 members (excludes halogenated alkanes) is 3. The third kappa shape index (κ3) is 11.1. The minimum atomic E-state index is -1.54. The van der Waals surface area contributed by atoms with E-state index in [9.17, 15) is 19.2 Å². The number of hydrogen-bond acceptors (Lipinski definition) is 10. The van der Waals surface area contributed by atoms with Gasteiger partial charge in [0.15, 0.2) is 12.1 Å². The second-order valence-electron chi connectivity index (χ2n) is 7.89. The Morgan fingerprint density at radius 1 is 1.19 bits per heavy atom. The molecule has 1 rings (SSSR count). The van der Waals surface area contributed by atoms with Crippen molar-refractivity contribution in [3.8, 4) is 0 Å². The van der Waals surface area contributed by atoms with Gasteiger partial charge in [-0.05, 0) is 25.5 Å². The van der Waals surface area contributed by atoms with Crippen LogP contribution in [0.25, 0.3) is 0 Å². The Morgan fingerprint density at radius 2 is 1.89 bits per heavy atom. The number of guanidine groups is 1. The monoisotopic (exact) mass is 516 g/mol. The Morgan fingerprint density at radius 3 is 2.47 bits per heavy atom. The molecule has 0 bridgehead atoms. The number of amides is 2. The average Bonchev–Trinajstić information content (AvgIpc) is 2.80. The van der Waals surface area contributed by atoms with E-state index in [1.165, 1.54) is 13.0 Å². The minimum Gasteiger partial charge on any atom is -0.477 e. The van der Waals surface area contributed by atoms with Gasteiger partial charge < -0.3 is 51.5 Å². The molecule has 9 N–H and O–H groups in total. The first-order valence-corrected chi connectivity index (χ1v) is 11.4. The van der Waals surface area contributed by atoms with E-state index in [4.69, 9.17) is 36.2 Å². The molecule has 2 unspecified atom stereocenters. The second kappa shape index (κ2) is 16.0. The molecule has 0 aromatic carbocycles. The van der Waals surface area contributed by atoms with E-state index in [0.29, 0.717) is 19.5 Å². The zero-order chi connectivity index (χ0) is 27.1. The molecular formula is C21H36N6O9. The highest BCUT2D eigenvalue weighted by Gasteiger charge is 2.44. The third-order valence-electron chi connectivity index (χ3n) is 5.07. The highest BCUT2D eigenvalue weighted by molar-refractivity contribution is 5.87. The van der Waals surface area contributed by atoms with Crippen LogP contribution in [0.3, 0.4) is 0 Å². The molecule has 0 saturated carbocycles. The number of carboxylic acid groups (broad SMARTS) is 1. The first kappa shape index (κ1) is 30.3. The van der Waals surface area contributed by atoms with Crippen molar-refractivity contribution in [3.63, 3.8) is 0 Å². The summed E-state index contributed by atoms with van der Waals surface area (Å²) in [7, 11) is 1.13. The topological polar surface area (TPSA) is 237 Å². The van der Waals surface area contributed by atoms with Crippen molar-refractivity contribution < 1.29 is 43.2 Å². The van der Waals surface area contributed by atoms with Gasteiger partial charge in [0.2, 0.25) is 11.7 Å². The van der Waals surface area contributed by atoms with Crippen molar-refractivity contribution in [2.45, 2.75) is 63.3 Å². The van der Waals surface area contributed by atoms with Crippen LogP contribution in [0.2, 0.25) is 0 Å². The van der Waals surface area contributed by atoms with Gasteiger partial charge in [-0.2, -0.15) is 0 Å². The summed E-state index contributed by atoms with van der Waals surface area (Å²) in [5.74, 6) is -2.09. The molecule has 0 aliphatic carbocycles. The van der Waals surface area contributed by atoms with E-state index in [2.05, 4.69) is 20.7 Å². The molecule has 15 nitrogen and oxygen atoms in total. The summed E-state index contributed by atoms with van der Waals surface area (Å²) in [6.07, 6.45) is -0.301. The van der Waals surface area contributed by atoms with E-state index in [0.717, 1.165) is 26.4 Å². The maximum absolute atomic E-state index is 12.5. The van der Waals surface area contributed by atoms with Gasteiger partial charge in [0.25, 0.3) is 0 Å². The van der Waals surface area contributed by atoms with Gasteiger partial charge >= 0.3 is 18.2 Å². The second-order valence-corrected chi connectivity index (χ2v) is 7.89. The number of alkyl carbamates (subject to hydrolysis) is 1. The lowest BCUT2D eigenvalue weighted by Gasteiger charge is -2.40. The van der Waals surface area contributed by atoms with Crippen molar-refractivity contribution in [2.75, 3.05) is 26.8 Å². The molecule has 15 heteroatoms. The summed E-state index contributed by atoms with van der Waals surface area (Å²) < 4.78 is 20.5. The Labute approximate surface area is 208 Å². The molecular weight excluding hydrogens is 480 g/mol. The van der Waals surface area contributed by atoms with Gasteiger partial charge in [-0.25, -0.2) is 14.4 Å². The third-order valence-corrected chi connectivity index (χ3v) is 5.07. The van der Waals surface area contributed by atoms with E-state index in [1.807, 2.05) is 0 Å². The lowest BCUT2D eigenvalue weighted by Crippen LogP contribution is -2.63. The van der Waals surface area contributed by atoms with Crippen LogP contribution in [0, 0.1) is 5.41 Å². The summed E-state index contributed by atoms with van der Waals surface area (Å²) >= 11 is 0. The van der Waals surface area contributed by atoms with Crippen molar-refractivity contribution in [2.24, 2.45) is 11.5 Å². The molecule has 0 spiro atoms. The fourth-order valence-corrected chi connectivity index (χ4v) is 3.52. The van der Waals surface area contributed by atoms with E-state index in [1.54, 1.807) is 0 Å².